The van der Waals surface area contributed by atoms with E-state index in [1.165, 1.54) is 0 Å². The molecule has 1 saturated heterocycles. The van der Waals surface area contributed by atoms with Crippen LogP contribution in [-0.2, 0) is 9.53 Å². The Hall–Kier alpha value is -1.30. The normalized spacial score (nSPS) is 19.5. The summed E-state index contributed by atoms with van der Waals surface area (Å²) in [4.78, 5) is 14.0. The van der Waals surface area contributed by atoms with Crippen molar-refractivity contribution in [3.8, 4) is 0 Å². The van der Waals surface area contributed by atoms with E-state index in [2.05, 4.69) is 5.32 Å². The summed E-state index contributed by atoms with van der Waals surface area (Å²) >= 11 is 0. The summed E-state index contributed by atoms with van der Waals surface area (Å²) in [5.74, 6) is -0.0218. The molecule has 1 aromatic rings. The number of methoxy groups -OCH3 is 1. The maximum absolute atomic E-state index is 12.2. The van der Waals surface area contributed by atoms with Gasteiger partial charge in [-0.15, -0.1) is 12.4 Å². The van der Waals surface area contributed by atoms with Crippen LogP contribution in [0.4, 0.5) is 5.69 Å². The lowest BCUT2D eigenvalue weighted by Crippen LogP contribution is -2.52. The van der Waals surface area contributed by atoms with E-state index in [9.17, 15) is 4.79 Å². The van der Waals surface area contributed by atoms with Crippen molar-refractivity contribution < 1.29 is 9.53 Å². The highest BCUT2D eigenvalue weighted by molar-refractivity contribution is 5.85. The number of anilines is 1. The van der Waals surface area contributed by atoms with Crippen LogP contribution >= 0.6 is 12.4 Å². The number of hydrogen-bond acceptors (Lipinski definition) is 4. The second-order valence-electron chi connectivity index (χ2n) is 5.20. The summed E-state index contributed by atoms with van der Waals surface area (Å²) in [5, 5.41) is 3.47. The number of carbonyl (C=O) groups excluding carboxylic acids is 1. The number of nitrogens with zero attached hydrogens (tertiary/aromatic N) is 1. The molecule has 0 bridgehead atoms. The molecule has 0 radical (unpaired) electrons. The number of nitrogens with one attached hydrogen (secondary N) is 1. The Morgan fingerprint density at radius 1 is 1.48 bits per heavy atom. The minimum absolute atomic E-state index is 0. The van der Waals surface area contributed by atoms with Crippen LogP contribution in [0, 0.1) is 0 Å². The smallest absolute Gasteiger partial charge is 0.241 e. The average molecular weight is 314 g/mol. The van der Waals surface area contributed by atoms with Crippen LogP contribution in [-0.4, -0.2) is 49.7 Å². The first-order chi connectivity index (χ1) is 9.70. The Balaban J connectivity index is 0.00000220. The molecule has 0 spiro atoms. The van der Waals surface area contributed by atoms with Gasteiger partial charge in [-0.25, -0.2) is 0 Å². The molecule has 2 rings (SSSR count). The molecule has 5 nitrogen and oxygen atoms in total. The molecule has 2 unspecified atom stereocenters. The van der Waals surface area contributed by atoms with Crippen molar-refractivity contribution in [2.75, 3.05) is 32.1 Å². The highest BCUT2D eigenvalue weighted by Gasteiger charge is 2.26. The van der Waals surface area contributed by atoms with Gasteiger partial charge >= 0.3 is 0 Å². The highest BCUT2D eigenvalue weighted by Crippen LogP contribution is 2.16. The lowest BCUT2D eigenvalue weighted by atomic mass is 10.0. The van der Waals surface area contributed by atoms with Gasteiger partial charge in [0.1, 0.15) is 6.04 Å². The Kier molecular flexibility index (Phi) is 7.50. The summed E-state index contributed by atoms with van der Waals surface area (Å²) in [6.07, 6.45) is 2.06. The molecular weight excluding hydrogens is 290 g/mol. The molecule has 1 amide bonds. The Morgan fingerprint density at radius 3 is 2.86 bits per heavy atom. The van der Waals surface area contributed by atoms with Crippen molar-refractivity contribution in [2.45, 2.75) is 24.9 Å². The van der Waals surface area contributed by atoms with Crippen LogP contribution in [0.5, 0.6) is 0 Å². The molecule has 0 aliphatic carbocycles. The quantitative estimate of drug-likeness (QED) is 0.864. The van der Waals surface area contributed by atoms with Gasteiger partial charge in [-0.3, -0.25) is 4.79 Å². The second-order valence-corrected chi connectivity index (χ2v) is 5.20. The van der Waals surface area contributed by atoms with E-state index in [4.69, 9.17) is 10.5 Å². The summed E-state index contributed by atoms with van der Waals surface area (Å²) < 4.78 is 4.95. The number of amides is 1. The van der Waals surface area contributed by atoms with Crippen LogP contribution < -0.4 is 11.1 Å². The first kappa shape index (κ1) is 17.8. The van der Waals surface area contributed by atoms with Crippen molar-refractivity contribution in [2.24, 2.45) is 5.73 Å². The maximum Gasteiger partial charge on any atom is 0.241 e. The van der Waals surface area contributed by atoms with Crippen LogP contribution in [0.15, 0.2) is 30.3 Å². The van der Waals surface area contributed by atoms with Crippen LogP contribution in [0.2, 0.25) is 0 Å². The fraction of sp³-hybridized carbons (Fsp3) is 0.533. The van der Waals surface area contributed by atoms with Crippen LogP contribution in [0.1, 0.15) is 12.8 Å². The van der Waals surface area contributed by atoms with Crippen LogP contribution in [0.3, 0.4) is 0 Å². The standard InChI is InChI=1S/C15H23N3O2.ClH/c1-20-11-14(16)15(19)18-9-5-8-13(10-18)17-12-6-3-2-4-7-12;/h2-4,6-7,13-14,17H,5,8-11,16H2,1H3;1H. The molecule has 1 heterocycles. The number of carbonyl (C=O) groups is 1. The predicted octanol–water partition coefficient (Wildman–Crippen LogP) is 1.49. The predicted molar refractivity (Wildman–Crippen MR) is 86.8 cm³/mol. The fourth-order valence-electron chi connectivity index (χ4n) is 2.55. The zero-order valence-electron chi connectivity index (χ0n) is 12.3. The van der Waals surface area contributed by atoms with E-state index in [-0.39, 0.29) is 31.0 Å². The van der Waals surface area contributed by atoms with Crippen molar-refractivity contribution in [3.63, 3.8) is 0 Å². The van der Waals surface area contributed by atoms with E-state index >= 15 is 0 Å². The van der Waals surface area contributed by atoms with E-state index < -0.39 is 6.04 Å². The number of ether oxygens (including phenoxy) is 1. The monoisotopic (exact) mass is 313 g/mol. The minimum atomic E-state index is -0.560. The third-order valence-electron chi connectivity index (χ3n) is 3.54. The van der Waals surface area contributed by atoms with E-state index in [0.717, 1.165) is 25.1 Å². The molecule has 3 N–H and O–H groups in total. The molecule has 0 aromatic heterocycles. The number of likely N-dealkylation sites (tertiary alicyclic amines) is 1. The van der Waals surface area contributed by atoms with E-state index in [1.54, 1.807) is 7.11 Å². The van der Waals surface area contributed by atoms with Gasteiger partial charge in [0.15, 0.2) is 0 Å². The molecule has 1 fully saturated rings. The first-order valence-electron chi connectivity index (χ1n) is 7.05. The van der Waals surface area contributed by atoms with Gasteiger partial charge in [-0.05, 0) is 25.0 Å². The summed E-state index contributed by atoms with van der Waals surface area (Å²) in [6.45, 7) is 1.75. The Morgan fingerprint density at radius 2 is 2.19 bits per heavy atom. The third kappa shape index (κ3) is 5.19. The number of nitrogens with two attached hydrogens (primary N) is 1. The van der Waals surface area contributed by atoms with Crippen molar-refractivity contribution in [1.82, 2.24) is 4.90 Å². The van der Waals surface area contributed by atoms with Gasteiger partial charge in [0, 0.05) is 31.9 Å². The molecule has 1 aliphatic rings. The van der Waals surface area contributed by atoms with E-state index in [0.29, 0.717) is 6.54 Å². The molecule has 1 aromatic carbocycles. The summed E-state index contributed by atoms with van der Waals surface area (Å²) in [6, 6.07) is 9.80. The third-order valence-corrected chi connectivity index (χ3v) is 3.54. The summed E-state index contributed by atoms with van der Waals surface area (Å²) in [5.41, 5.74) is 6.91. The van der Waals surface area contributed by atoms with Gasteiger partial charge < -0.3 is 20.7 Å². The first-order valence-corrected chi connectivity index (χ1v) is 7.05. The molecule has 21 heavy (non-hydrogen) atoms. The number of hydrogen-bond donors (Lipinski definition) is 2. The summed E-state index contributed by atoms with van der Waals surface area (Å²) in [7, 11) is 1.56. The lowest BCUT2D eigenvalue weighted by molar-refractivity contribution is -0.134. The second kappa shape index (κ2) is 8.87. The maximum atomic E-state index is 12.2. The van der Waals surface area contributed by atoms with Crippen molar-refractivity contribution in [3.05, 3.63) is 30.3 Å². The van der Waals surface area contributed by atoms with Gasteiger partial charge in [-0.1, -0.05) is 18.2 Å². The molecule has 118 valence electrons. The number of para-hydroxylation sites is 1. The largest absolute Gasteiger partial charge is 0.383 e. The highest BCUT2D eigenvalue weighted by atomic mass is 35.5. The van der Waals surface area contributed by atoms with Crippen molar-refractivity contribution in [1.29, 1.82) is 0 Å². The topological polar surface area (TPSA) is 67.6 Å². The zero-order chi connectivity index (χ0) is 14.4. The SMILES string of the molecule is COCC(N)C(=O)N1CCCC(Nc2ccccc2)C1.Cl. The molecule has 6 heteroatoms. The number of benzene rings is 1. The number of halogens is 1. The molecule has 2 atom stereocenters. The number of piperidine rings is 1. The van der Waals surface area contributed by atoms with Gasteiger partial charge in [0.25, 0.3) is 0 Å². The van der Waals surface area contributed by atoms with E-state index in [1.807, 2.05) is 35.2 Å². The van der Waals surface area contributed by atoms with Crippen molar-refractivity contribution >= 4 is 24.0 Å². The molecular formula is C15H24ClN3O2. The fourth-order valence-corrected chi connectivity index (χ4v) is 2.55. The average Bonchev–Trinajstić information content (AvgIpc) is 2.48. The Bertz CT molecular complexity index is 430. The molecule has 0 saturated carbocycles. The minimum Gasteiger partial charge on any atom is -0.383 e. The Labute approximate surface area is 132 Å². The van der Waals surface area contributed by atoms with Crippen LogP contribution in [0.25, 0.3) is 0 Å². The van der Waals surface area contributed by atoms with Gasteiger partial charge in [-0.2, -0.15) is 0 Å². The molecule has 1 aliphatic heterocycles. The zero-order valence-corrected chi connectivity index (χ0v) is 13.1. The number of rotatable bonds is 5. The van der Waals surface area contributed by atoms with Gasteiger partial charge in [0.05, 0.1) is 6.61 Å². The lowest BCUT2D eigenvalue weighted by Gasteiger charge is -2.35. The van der Waals surface area contributed by atoms with Gasteiger partial charge in [0.2, 0.25) is 5.91 Å².